The summed E-state index contributed by atoms with van der Waals surface area (Å²) in [6.45, 7) is 0. The van der Waals surface area contributed by atoms with Gasteiger partial charge < -0.3 is 0 Å². The predicted molar refractivity (Wildman–Crippen MR) is 69.2 cm³/mol. The standard InChI is InChI=1S/C8H3IN2O3S2/c9-5-2-1-4(15-5)7(12)8-10-3-6(16-8)11(13)14/h1-3H. The van der Waals surface area contributed by atoms with Crippen molar-refractivity contribution in [3.05, 3.63) is 41.2 Å². The molecule has 16 heavy (non-hydrogen) atoms. The average molecular weight is 366 g/mol. The van der Waals surface area contributed by atoms with Crippen LogP contribution >= 0.6 is 45.3 Å². The summed E-state index contributed by atoms with van der Waals surface area (Å²) in [5.41, 5.74) is 0. The second-order valence-corrected chi connectivity index (χ2v) is 6.68. The summed E-state index contributed by atoms with van der Waals surface area (Å²) in [5.74, 6) is -0.258. The van der Waals surface area contributed by atoms with Gasteiger partial charge in [0, 0.05) is 0 Å². The third-order valence-corrected chi connectivity index (χ3v) is 4.51. The van der Waals surface area contributed by atoms with Crippen LogP contribution in [0.3, 0.4) is 0 Å². The smallest absolute Gasteiger partial charge is 0.285 e. The highest BCUT2D eigenvalue weighted by atomic mass is 127. The predicted octanol–water partition coefficient (Wildman–Crippen LogP) is 2.95. The first-order valence-electron chi connectivity index (χ1n) is 3.98. The van der Waals surface area contributed by atoms with E-state index in [0.717, 1.165) is 20.4 Å². The van der Waals surface area contributed by atoms with E-state index in [-0.39, 0.29) is 15.8 Å². The minimum Gasteiger partial charge on any atom is -0.285 e. The molecule has 0 radical (unpaired) electrons. The normalized spacial score (nSPS) is 10.3. The lowest BCUT2D eigenvalue weighted by Crippen LogP contribution is -1.96. The number of carbonyl (C=O) groups excluding carboxylic acids is 1. The van der Waals surface area contributed by atoms with Gasteiger partial charge in [-0.15, -0.1) is 11.3 Å². The molecule has 2 rings (SSSR count). The molecule has 0 saturated heterocycles. The Kier molecular flexibility index (Phi) is 3.30. The molecule has 0 N–H and O–H groups in total. The summed E-state index contributed by atoms with van der Waals surface area (Å²) in [7, 11) is 0. The first kappa shape index (κ1) is 11.6. The molecule has 0 amide bonds. The Bertz CT molecular complexity index is 563. The van der Waals surface area contributed by atoms with E-state index < -0.39 is 4.92 Å². The zero-order valence-electron chi connectivity index (χ0n) is 7.55. The number of hydrogen-bond donors (Lipinski definition) is 0. The van der Waals surface area contributed by atoms with Gasteiger partial charge in [-0.05, 0) is 46.1 Å². The van der Waals surface area contributed by atoms with Gasteiger partial charge in [-0.2, -0.15) is 0 Å². The minimum atomic E-state index is -0.549. The number of carbonyl (C=O) groups is 1. The highest BCUT2D eigenvalue weighted by Gasteiger charge is 2.19. The second-order valence-electron chi connectivity index (χ2n) is 2.69. The first-order valence-corrected chi connectivity index (χ1v) is 6.69. The molecule has 0 aliphatic carbocycles. The lowest BCUT2D eigenvalue weighted by atomic mass is 10.3. The first-order chi connectivity index (χ1) is 7.58. The average Bonchev–Trinajstić information content (AvgIpc) is 2.84. The van der Waals surface area contributed by atoms with E-state index in [1.54, 1.807) is 6.07 Å². The fourth-order valence-corrected chi connectivity index (χ4v) is 3.31. The number of halogens is 1. The highest BCUT2D eigenvalue weighted by molar-refractivity contribution is 14.1. The number of ketones is 1. The Morgan fingerprint density at radius 3 is 2.69 bits per heavy atom. The number of nitrogens with zero attached hydrogens (tertiary/aromatic N) is 2. The van der Waals surface area contributed by atoms with Gasteiger partial charge in [0.25, 0.3) is 0 Å². The van der Waals surface area contributed by atoms with Crippen molar-refractivity contribution < 1.29 is 9.72 Å². The maximum atomic E-state index is 11.8. The molecule has 0 spiro atoms. The van der Waals surface area contributed by atoms with Crippen LogP contribution in [0.25, 0.3) is 0 Å². The van der Waals surface area contributed by atoms with Gasteiger partial charge in [0.05, 0.1) is 12.7 Å². The van der Waals surface area contributed by atoms with E-state index in [9.17, 15) is 14.9 Å². The number of thiophene rings is 1. The second kappa shape index (κ2) is 4.55. The molecule has 82 valence electrons. The molecule has 5 nitrogen and oxygen atoms in total. The highest BCUT2D eigenvalue weighted by Crippen LogP contribution is 2.26. The molecule has 8 heteroatoms. The van der Waals surface area contributed by atoms with Crippen LogP contribution in [-0.2, 0) is 0 Å². The SMILES string of the molecule is O=C(c1ccc(I)s1)c1ncc([N+](=O)[O-])s1. The third kappa shape index (κ3) is 2.28. The van der Waals surface area contributed by atoms with Crippen LogP contribution in [-0.4, -0.2) is 15.7 Å². The van der Waals surface area contributed by atoms with E-state index >= 15 is 0 Å². The van der Waals surface area contributed by atoms with Crippen molar-refractivity contribution in [2.24, 2.45) is 0 Å². The molecule has 0 aliphatic heterocycles. The summed E-state index contributed by atoms with van der Waals surface area (Å²) in [5, 5.41) is 10.5. The molecular weight excluding hydrogens is 363 g/mol. The topological polar surface area (TPSA) is 73.1 Å². The van der Waals surface area contributed by atoms with E-state index in [2.05, 4.69) is 27.6 Å². The van der Waals surface area contributed by atoms with Gasteiger partial charge in [-0.25, -0.2) is 4.98 Å². The largest absolute Gasteiger partial charge is 0.344 e. The molecule has 2 heterocycles. The maximum absolute atomic E-state index is 11.8. The maximum Gasteiger partial charge on any atom is 0.344 e. The Morgan fingerprint density at radius 2 is 2.19 bits per heavy atom. The van der Waals surface area contributed by atoms with Crippen molar-refractivity contribution in [2.75, 3.05) is 0 Å². The molecule has 0 aromatic carbocycles. The van der Waals surface area contributed by atoms with Crippen LogP contribution in [0, 0.1) is 13.0 Å². The van der Waals surface area contributed by atoms with Crippen LogP contribution in [0.15, 0.2) is 18.3 Å². The van der Waals surface area contributed by atoms with Crippen LogP contribution in [0.4, 0.5) is 5.00 Å². The van der Waals surface area contributed by atoms with Gasteiger partial charge in [0.1, 0.15) is 6.20 Å². The summed E-state index contributed by atoms with van der Waals surface area (Å²) in [6.07, 6.45) is 1.11. The summed E-state index contributed by atoms with van der Waals surface area (Å²) in [4.78, 5) is 26.0. The fraction of sp³-hybridized carbons (Fsp3) is 0. The molecule has 2 aromatic rings. The fourth-order valence-electron chi connectivity index (χ4n) is 0.997. The van der Waals surface area contributed by atoms with Crippen LogP contribution in [0.1, 0.15) is 14.7 Å². The zero-order chi connectivity index (χ0) is 11.7. The van der Waals surface area contributed by atoms with E-state index in [4.69, 9.17) is 0 Å². The molecule has 0 unspecified atom stereocenters. The van der Waals surface area contributed by atoms with Gasteiger partial charge in [0.15, 0.2) is 5.01 Å². The molecule has 0 fully saturated rings. The Labute approximate surface area is 111 Å². The van der Waals surface area contributed by atoms with Gasteiger partial charge in [0.2, 0.25) is 5.78 Å². The van der Waals surface area contributed by atoms with Crippen molar-refractivity contribution in [1.29, 1.82) is 0 Å². The van der Waals surface area contributed by atoms with Crippen molar-refractivity contribution >= 4 is 56.0 Å². The van der Waals surface area contributed by atoms with Crippen LogP contribution < -0.4 is 0 Å². The summed E-state index contributed by atoms with van der Waals surface area (Å²) in [6, 6.07) is 3.52. The lowest BCUT2D eigenvalue weighted by Gasteiger charge is -1.88. The third-order valence-electron chi connectivity index (χ3n) is 1.66. The van der Waals surface area contributed by atoms with E-state index in [1.807, 2.05) is 6.07 Å². The molecular formula is C8H3IN2O3S2. The Balaban J connectivity index is 2.30. The Hall–Kier alpha value is -0.870. The van der Waals surface area contributed by atoms with Crippen molar-refractivity contribution in [3.63, 3.8) is 0 Å². The molecule has 0 bridgehead atoms. The van der Waals surface area contributed by atoms with Crippen molar-refractivity contribution in [2.45, 2.75) is 0 Å². The van der Waals surface area contributed by atoms with Gasteiger partial charge >= 0.3 is 5.00 Å². The Morgan fingerprint density at radius 1 is 1.44 bits per heavy atom. The van der Waals surface area contributed by atoms with Gasteiger partial charge in [-0.3, -0.25) is 14.9 Å². The lowest BCUT2D eigenvalue weighted by molar-refractivity contribution is -0.380. The van der Waals surface area contributed by atoms with Gasteiger partial charge in [-0.1, -0.05) is 0 Å². The molecule has 0 saturated carbocycles. The van der Waals surface area contributed by atoms with Crippen molar-refractivity contribution in [3.8, 4) is 0 Å². The van der Waals surface area contributed by atoms with E-state index in [1.165, 1.54) is 11.3 Å². The summed E-state index contributed by atoms with van der Waals surface area (Å²) < 4.78 is 0.993. The van der Waals surface area contributed by atoms with Crippen molar-refractivity contribution in [1.82, 2.24) is 4.98 Å². The van der Waals surface area contributed by atoms with Crippen LogP contribution in [0.5, 0.6) is 0 Å². The zero-order valence-corrected chi connectivity index (χ0v) is 11.3. The van der Waals surface area contributed by atoms with Crippen LogP contribution in [0.2, 0.25) is 0 Å². The number of aromatic nitrogens is 1. The minimum absolute atomic E-state index is 0.116. The summed E-state index contributed by atoms with van der Waals surface area (Å²) >= 11 is 4.25. The number of hydrogen-bond acceptors (Lipinski definition) is 6. The molecule has 2 aromatic heterocycles. The van der Waals surface area contributed by atoms with E-state index in [0.29, 0.717) is 4.88 Å². The number of thiazole rings is 1. The molecule has 0 atom stereocenters. The quantitative estimate of drug-likeness (QED) is 0.362. The number of rotatable bonds is 3. The molecule has 0 aliphatic rings. The number of nitro groups is 1. The monoisotopic (exact) mass is 366 g/mol.